The van der Waals surface area contributed by atoms with Gasteiger partial charge in [0.25, 0.3) is 0 Å². The van der Waals surface area contributed by atoms with Crippen LogP contribution in [0.25, 0.3) is 11.2 Å². The highest BCUT2D eigenvalue weighted by molar-refractivity contribution is 5.84. The van der Waals surface area contributed by atoms with E-state index >= 15 is 0 Å². The van der Waals surface area contributed by atoms with Crippen LogP contribution in [0.3, 0.4) is 0 Å². The van der Waals surface area contributed by atoms with Gasteiger partial charge < -0.3 is 15.6 Å². The first-order chi connectivity index (χ1) is 13.5. The molecule has 0 unspecified atom stereocenters. The average molecular weight is 386 g/mol. The molecule has 4 aromatic rings. The second-order valence-corrected chi connectivity index (χ2v) is 5.78. The molecule has 28 heavy (non-hydrogen) atoms. The van der Waals surface area contributed by atoms with Gasteiger partial charge in [-0.1, -0.05) is 12.1 Å². The number of hydrogen-bond acceptors (Lipinski definition) is 7. The number of aromatic nitrogens is 6. The summed E-state index contributed by atoms with van der Waals surface area (Å²) in [6, 6.07) is 6.78. The number of imidazole rings is 1. The van der Waals surface area contributed by atoms with E-state index in [9.17, 15) is 13.2 Å². The number of nitrogens with zero attached hydrogens (tertiary/aromatic N) is 5. The van der Waals surface area contributed by atoms with Crippen molar-refractivity contribution in [3.05, 3.63) is 60.3 Å². The Balaban J connectivity index is 1.54. The molecule has 11 heteroatoms. The number of rotatable bonds is 5. The number of benzene rings is 1. The average Bonchev–Trinajstić information content (AvgIpc) is 3.09. The van der Waals surface area contributed by atoms with Gasteiger partial charge in [0, 0.05) is 12.7 Å². The fraction of sp³-hybridized carbons (Fsp3) is 0.118. The maximum atomic E-state index is 12.9. The predicted octanol–water partition coefficient (Wildman–Crippen LogP) is 3.52. The Morgan fingerprint density at radius 1 is 1.04 bits per heavy atom. The maximum absolute atomic E-state index is 12.9. The van der Waals surface area contributed by atoms with Crippen LogP contribution in [-0.2, 0) is 12.7 Å². The van der Waals surface area contributed by atoms with E-state index in [1.54, 1.807) is 18.3 Å². The van der Waals surface area contributed by atoms with Crippen molar-refractivity contribution in [2.24, 2.45) is 0 Å². The van der Waals surface area contributed by atoms with Crippen LogP contribution in [-0.4, -0.2) is 29.9 Å². The minimum Gasteiger partial charge on any atom is -0.364 e. The molecule has 1 aromatic carbocycles. The number of H-pyrrole nitrogens is 1. The molecule has 0 atom stereocenters. The van der Waals surface area contributed by atoms with E-state index in [-0.39, 0.29) is 6.54 Å². The lowest BCUT2D eigenvalue weighted by Gasteiger charge is -2.10. The quantitative estimate of drug-likeness (QED) is 0.482. The number of hydrogen-bond donors (Lipinski definition) is 3. The number of aromatic amines is 1. The van der Waals surface area contributed by atoms with Crippen molar-refractivity contribution < 1.29 is 13.2 Å². The molecule has 0 saturated heterocycles. The Morgan fingerprint density at radius 2 is 1.93 bits per heavy atom. The lowest BCUT2D eigenvalue weighted by Crippen LogP contribution is -2.07. The van der Waals surface area contributed by atoms with Crippen molar-refractivity contribution in [3.8, 4) is 0 Å². The molecule has 0 radical (unpaired) electrons. The van der Waals surface area contributed by atoms with Crippen LogP contribution < -0.4 is 10.6 Å². The van der Waals surface area contributed by atoms with Gasteiger partial charge >= 0.3 is 6.18 Å². The zero-order chi connectivity index (χ0) is 19.6. The Labute approximate surface area is 156 Å². The normalized spacial score (nSPS) is 11.5. The van der Waals surface area contributed by atoms with Gasteiger partial charge in [-0.15, -0.1) is 0 Å². The molecule has 0 aliphatic rings. The summed E-state index contributed by atoms with van der Waals surface area (Å²) in [5, 5.41) is 6.00. The summed E-state index contributed by atoms with van der Waals surface area (Å²) in [5.74, 6) is 1.36. The number of anilines is 3. The number of alkyl halides is 3. The standard InChI is InChI=1S/C17H13F3N8/c18-17(19,20)11-3-1-2-10(6-11)7-22-14-13-15(25-9-24-14)28-16(27-13)26-12-4-5-21-8-23-12/h1-6,8-9H,7H2,(H3,21,22,23,24,25,26,27,28). The first kappa shape index (κ1) is 17.6. The molecule has 0 amide bonds. The van der Waals surface area contributed by atoms with Crippen LogP contribution in [0.2, 0.25) is 0 Å². The number of halogens is 3. The van der Waals surface area contributed by atoms with Gasteiger partial charge in [0.1, 0.15) is 24.0 Å². The van der Waals surface area contributed by atoms with Gasteiger partial charge in [-0.2, -0.15) is 18.2 Å². The van der Waals surface area contributed by atoms with E-state index in [0.717, 1.165) is 12.1 Å². The van der Waals surface area contributed by atoms with E-state index < -0.39 is 11.7 Å². The third kappa shape index (κ3) is 3.82. The maximum Gasteiger partial charge on any atom is 0.416 e. The van der Waals surface area contributed by atoms with Crippen LogP contribution in [0.5, 0.6) is 0 Å². The SMILES string of the molecule is FC(F)(F)c1cccc(CNc2ncnc3nc(Nc4ccncn4)[nH]c23)c1. The lowest BCUT2D eigenvalue weighted by atomic mass is 10.1. The molecule has 3 heterocycles. The van der Waals surface area contributed by atoms with E-state index in [1.807, 2.05) is 0 Å². The smallest absolute Gasteiger partial charge is 0.364 e. The molecule has 0 aliphatic carbocycles. The van der Waals surface area contributed by atoms with Gasteiger partial charge in [0.15, 0.2) is 11.5 Å². The number of fused-ring (bicyclic) bond motifs is 1. The summed E-state index contributed by atoms with van der Waals surface area (Å²) < 4.78 is 38.6. The van der Waals surface area contributed by atoms with Gasteiger partial charge in [-0.05, 0) is 23.8 Å². The van der Waals surface area contributed by atoms with E-state index in [1.165, 1.54) is 18.7 Å². The molecule has 0 spiro atoms. The molecule has 8 nitrogen and oxygen atoms in total. The molecular formula is C17H13F3N8. The Hall–Kier alpha value is -3.76. The highest BCUT2D eigenvalue weighted by Crippen LogP contribution is 2.29. The number of nitrogens with one attached hydrogen (secondary N) is 3. The first-order valence-corrected chi connectivity index (χ1v) is 8.13. The molecular weight excluding hydrogens is 373 g/mol. The first-order valence-electron chi connectivity index (χ1n) is 8.13. The van der Waals surface area contributed by atoms with Crippen LogP contribution in [0.4, 0.5) is 30.8 Å². The minimum atomic E-state index is -4.39. The van der Waals surface area contributed by atoms with Crippen LogP contribution in [0.15, 0.2) is 49.2 Å². The topological polar surface area (TPSA) is 104 Å². The van der Waals surface area contributed by atoms with Crippen molar-refractivity contribution >= 4 is 28.7 Å². The monoisotopic (exact) mass is 386 g/mol. The highest BCUT2D eigenvalue weighted by Gasteiger charge is 2.30. The highest BCUT2D eigenvalue weighted by atomic mass is 19.4. The van der Waals surface area contributed by atoms with Gasteiger partial charge in [0.05, 0.1) is 5.56 Å². The van der Waals surface area contributed by atoms with Crippen LogP contribution >= 0.6 is 0 Å². The van der Waals surface area contributed by atoms with E-state index in [4.69, 9.17) is 0 Å². The van der Waals surface area contributed by atoms with Gasteiger partial charge in [-0.25, -0.2) is 19.9 Å². The summed E-state index contributed by atoms with van der Waals surface area (Å²) in [6.07, 6.45) is -0.0814. The van der Waals surface area contributed by atoms with E-state index in [2.05, 4.69) is 40.5 Å². The zero-order valence-electron chi connectivity index (χ0n) is 14.2. The van der Waals surface area contributed by atoms with Crippen LogP contribution in [0, 0.1) is 0 Å². The largest absolute Gasteiger partial charge is 0.416 e. The fourth-order valence-corrected chi connectivity index (χ4v) is 2.55. The molecule has 142 valence electrons. The van der Waals surface area contributed by atoms with Gasteiger partial charge in [-0.3, -0.25) is 0 Å². The molecule has 3 N–H and O–H groups in total. The summed E-state index contributed by atoms with van der Waals surface area (Å²) in [4.78, 5) is 23.5. The fourth-order valence-electron chi connectivity index (χ4n) is 2.55. The second kappa shape index (κ2) is 7.10. The second-order valence-electron chi connectivity index (χ2n) is 5.78. The van der Waals surface area contributed by atoms with Crippen molar-refractivity contribution in [2.45, 2.75) is 12.7 Å². The molecule has 0 aliphatic heterocycles. The van der Waals surface area contributed by atoms with Crippen molar-refractivity contribution in [1.82, 2.24) is 29.9 Å². The summed E-state index contributed by atoms with van der Waals surface area (Å²) in [7, 11) is 0. The summed E-state index contributed by atoms with van der Waals surface area (Å²) >= 11 is 0. The van der Waals surface area contributed by atoms with Crippen molar-refractivity contribution in [3.63, 3.8) is 0 Å². The summed E-state index contributed by atoms with van der Waals surface area (Å²) in [6.45, 7) is 0.156. The predicted molar refractivity (Wildman–Crippen MR) is 95.8 cm³/mol. The van der Waals surface area contributed by atoms with Crippen molar-refractivity contribution in [2.75, 3.05) is 10.6 Å². The molecule has 3 aromatic heterocycles. The Bertz CT molecular complexity index is 1090. The molecule has 4 rings (SSSR count). The Morgan fingerprint density at radius 3 is 2.71 bits per heavy atom. The van der Waals surface area contributed by atoms with Crippen LogP contribution in [0.1, 0.15) is 11.1 Å². The lowest BCUT2D eigenvalue weighted by molar-refractivity contribution is -0.137. The molecule has 0 fully saturated rings. The zero-order valence-corrected chi connectivity index (χ0v) is 14.2. The molecule has 0 saturated carbocycles. The van der Waals surface area contributed by atoms with Gasteiger partial charge in [0.2, 0.25) is 5.95 Å². The third-order valence-electron chi connectivity index (χ3n) is 3.83. The summed E-state index contributed by atoms with van der Waals surface area (Å²) in [5.41, 5.74) is 0.696. The third-order valence-corrected chi connectivity index (χ3v) is 3.83. The van der Waals surface area contributed by atoms with Crippen molar-refractivity contribution in [1.29, 1.82) is 0 Å². The van der Waals surface area contributed by atoms with E-state index in [0.29, 0.717) is 34.3 Å². The minimum absolute atomic E-state index is 0.156. The molecule has 0 bridgehead atoms. The Kier molecular flexibility index (Phi) is 4.47.